The van der Waals surface area contributed by atoms with Gasteiger partial charge in [0.1, 0.15) is 0 Å². The van der Waals surface area contributed by atoms with Crippen LogP contribution in [0.3, 0.4) is 0 Å². The molecule has 1 unspecified atom stereocenters. The Bertz CT molecular complexity index is 611. The Hall–Kier alpha value is -1.61. The molecule has 0 N–H and O–H groups in total. The van der Waals surface area contributed by atoms with Crippen molar-refractivity contribution in [2.24, 2.45) is 0 Å². The summed E-state index contributed by atoms with van der Waals surface area (Å²) in [5, 5.41) is 0. The van der Waals surface area contributed by atoms with Crippen LogP contribution in [0.15, 0.2) is 59.1 Å². The van der Waals surface area contributed by atoms with Gasteiger partial charge in [0.2, 0.25) is 0 Å². The van der Waals surface area contributed by atoms with Crippen molar-refractivity contribution < 1.29 is 4.79 Å². The molecule has 0 spiro atoms. The summed E-state index contributed by atoms with van der Waals surface area (Å²) in [6.45, 7) is 1.64. The first-order valence-electron chi connectivity index (χ1n) is 6.84. The van der Waals surface area contributed by atoms with Crippen LogP contribution in [0.25, 0.3) is 0 Å². The van der Waals surface area contributed by atoms with E-state index in [2.05, 4.69) is 40.2 Å². The number of carbonyl (C=O) groups is 1. The number of hydrogen-bond acceptors (Lipinski definition) is 1. The molecule has 3 rings (SSSR count). The van der Waals surface area contributed by atoms with E-state index in [0.717, 1.165) is 29.5 Å². The van der Waals surface area contributed by atoms with Crippen molar-refractivity contribution >= 4 is 21.8 Å². The second-order valence-corrected chi connectivity index (χ2v) is 5.98. The summed E-state index contributed by atoms with van der Waals surface area (Å²) < 4.78 is 0.869. The van der Waals surface area contributed by atoms with Crippen LogP contribution in [0.2, 0.25) is 0 Å². The summed E-state index contributed by atoms with van der Waals surface area (Å²) in [7, 11) is 0. The standard InChI is InChI=1S/C17H16BrNO/c18-16-9-5-4-8-15(16)17(20)19-11-10-14(12-19)13-6-2-1-3-7-13/h1-9,14H,10-12H2. The first kappa shape index (κ1) is 13.4. The van der Waals surface area contributed by atoms with E-state index < -0.39 is 0 Å². The molecule has 2 aromatic rings. The Kier molecular flexibility index (Phi) is 3.88. The lowest BCUT2D eigenvalue weighted by Crippen LogP contribution is -2.28. The molecule has 2 aromatic carbocycles. The van der Waals surface area contributed by atoms with Crippen LogP contribution >= 0.6 is 15.9 Å². The van der Waals surface area contributed by atoms with Gasteiger partial charge in [-0.1, -0.05) is 42.5 Å². The topological polar surface area (TPSA) is 20.3 Å². The first-order chi connectivity index (χ1) is 9.75. The van der Waals surface area contributed by atoms with Crippen LogP contribution in [-0.4, -0.2) is 23.9 Å². The summed E-state index contributed by atoms with van der Waals surface area (Å²) in [5.41, 5.74) is 2.08. The van der Waals surface area contributed by atoms with E-state index in [1.807, 2.05) is 35.2 Å². The van der Waals surface area contributed by atoms with Gasteiger partial charge in [0, 0.05) is 23.5 Å². The van der Waals surface area contributed by atoms with Crippen LogP contribution in [0.4, 0.5) is 0 Å². The van der Waals surface area contributed by atoms with Crippen LogP contribution < -0.4 is 0 Å². The smallest absolute Gasteiger partial charge is 0.255 e. The van der Waals surface area contributed by atoms with E-state index in [1.165, 1.54) is 5.56 Å². The number of rotatable bonds is 2. The Morgan fingerprint density at radius 1 is 1.05 bits per heavy atom. The molecule has 0 saturated carbocycles. The third kappa shape index (κ3) is 2.63. The van der Waals surface area contributed by atoms with Crippen molar-refractivity contribution in [3.8, 4) is 0 Å². The van der Waals surface area contributed by atoms with E-state index in [0.29, 0.717) is 5.92 Å². The first-order valence-corrected chi connectivity index (χ1v) is 7.64. The van der Waals surface area contributed by atoms with Crippen LogP contribution in [0.5, 0.6) is 0 Å². The van der Waals surface area contributed by atoms with Gasteiger partial charge >= 0.3 is 0 Å². The Morgan fingerprint density at radius 2 is 1.75 bits per heavy atom. The monoisotopic (exact) mass is 329 g/mol. The molecule has 0 aromatic heterocycles. The zero-order valence-electron chi connectivity index (χ0n) is 11.1. The van der Waals surface area contributed by atoms with Gasteiger partial charge in [-0.2, -0.15) is 0 Å². The van der Waals surface area contributed by atoms with Gasteiger partial charge in [0.25, 0.3) is 5.91 Å². The van der Waals surface area contributed by atoms with E-state index >= 15 is 0 Å². The van der Waals surface area contributed by atoms with Crippen LogP contribution in [-0.2, 0) is 0 Å². The number of halogens is 1. The van der Waals surface area contributed by atoms with Crippen molar-refractivity contribution in [1.29, 1.82) is 0 Å². The number of hydrogen-bond donors (Lipinski definition) is 0. The lowest BCUT2D eigenvalue weighted by Gasteiger charge is -2.17. The largest absolute Gasteiger partial charge is 0.338 e. The third-order valence-corrected chi connectivity index (χ3v) is 4.54. The van der Waals surface area contributed by atoms with E-state index in [1.54, 1.807) is 0 Å². The van der Waals surface area contributed by atoms with Crippen LogP contribution in [0, 0.1) is 0 Å². The zero-order valence-corrected chi connectivity index (χ0v) is 12.7. The highest BCUT2D eigenvalue weighted by Gasteiger charge is 2.28. The number of amides is 1. The van der Waals surface area contributed by atoms with E-state index in [4.69, 9.17) is 0 Å². The summed E-state index contributed by atoms with van der Waals surface area (Å²) in [6, 6.07) is 18.1. The van der Waals surface area contributed by atoms with Crippen molar-refractivity contribution in [2.45, 2.75) is 12.3 Å². The summed E-state index contributed by atoms with van der Waals surface area (Å²) >= 11 is 3.46. The molecule has 2 nitrogen and oxygen atoms in total. The fourth-order valence-corrected chi connectivity index (χ4v) is 3.20. The maximum atomic E-state index is 12.5. The van der Waals surface area contributed by atoms with Crippen molar-refractivity contribution in [3.05, 3.63) is 70.2 Å². The minimum absolute atomic E-state index is 0.121. The molecule has 1 amide bonds. The highest BCUT2D eigenvalue weighted by Crippen LogP contribution is 2.29. The summed E-state index contributed by atoms with van der Waals surface area (Å²) in [4.78, 5) is 14.5. The minimum atomic E-state index is 0.121. The van der Waals surface area contributed by atoms with Gasteiger partial charge < -0.3 is 4.90 Å². The molecule has 1 aliphatic heterocycles. The lowest BCUT2D eigenvalue weighted by molar-refractivity contribution is 0.0790. The average molecular weight is 330 g/mol. The lowest BCUT2D eigenvalue weighted by atomic mass is 9.99. The molecule has 1 heterocycles. The number of carbonyl (C=O) groups excluding carboxylic acids is 1. The van der Waals surface area contributed by atoms with Gasteiger partial charge in [-0.3, -0.25) is 4.79 Å². The maximum absolute atomic E-state index is 12.5. The number of likely N-dealkylation sites (tertiary alicyclic amines) is 1. The van der Waals surface area contributed by atoms with Crippen molar-refractivity contribution in [1.82, 2.24) is 4.90 Å². The van der Waals surface area contributed by atoms with Gasteiger partial charge in [0.05, 0.1) is 5.56 Å². The maximum Gasteiger partial charge on any atom is 0.255 e. The minimum Gasteiger partial charge on any atom is -0.338 e. The molecule has 1 fully saturated rings. The van der Waals surface area contributed by atoms with E-state index in [9.17, 15) is 4.79 Å². The van der Waals surface area contributed by atoms with Crippen molar-refractivity contribution in [2.75, 3.05) is 13.1 Å². The summed E-state index contributed by atoms with van der Waals surface area (Å²) in [6.07, 6.45) is 1.04. The third-order valence-electron chi connectivity index (χ3n) is 3.85. The highest BCUT2D eigenvalue weighted by molar-refractivity contribution is 9.10. The van der Waals surface area contributed by atoms with Gasteiger partial charge in [0.15, 0.2) is 0 Å². The molecule has 0 bridgehead atoms. The predicted molar refractivity (Wildman–Crippen MR) is 83.8 cm³/mol. The molecule has 1 saturated heterocycles. The molecule has 3 heteroatoms. The molecular weight excluding hydrogens is 314 g/mol. The van der Waals surface area contributed by atoms with E-state index in [-0.39, 0.29) is 5.91 Å². The number of benzene rings is 2. The van der Waals surface area contributed by atoms with Crippen LogP contribution in [0.1, 0.15) is 28.3 Å². The molecule has 1 atom stereocenters. The fourth-order valence-electron chi connectivity index (χ4n) is 2.75. The zero-order chi connectivity index (χ0) is 13.9. The van der Waals surface area contributed by atoms with Gasteiger partial charge in [-0.25, -0.2) is 0 Å². The Morgan fingerprint density at radius 3 is 2.50 bits per heavy atom. The quantitative estimate of drug-likeness (QED) is 0.812. The second kappa shape index (κ2) is 5.80. The fraction of sp³-hybridized carbons (Fsp3) is 0.235. The molecular formula is C17H16BrNO. The molecule has 102 valence electrons. The van der Waals surface area contributed by atoms with Gasteiger partial charge in [-0.15, -0.1) is 0 Å². The Labute approximate surface area is 127 Å². The van der Waals surface area contributed by atoms with Gasteiger partial charge in [-0.05, 0) is 40.0 Å². The molecule has 0 aliphatic carbocycles. The SMILES string of the molecule is O=C(c1ccccc1Br)N1CCC(c2ccccc2)C1. The molecule has 20 heavy (non-hydrogen) atoms. The highest BCUT2D eigenvalue weighted by atomic mass is 79.9. The second-order valence-electron chi connectivity index (χ2n) is 5.13. The average Bonchev–Trinajstić information content (AvgIpc) is 2.98. The molecule has 0 radical (unpaired) electrons. The molecule has 1 aliphatic rings. The van der Waals surface area contributed by atoms with Crippen molar-refractivity contribution in [3.63, 3.8) is 0 Å². The number of nitrogens with zero attached hydrogens (tertiary/aromatic N) is 1. The summed E-state index contributed by atoms with van der Waals surface area (Å²) in [5.74, 6) is 0.582. The normalized spacial score (nSPS) is 18.2. The predicted octanol–water partition coefficient (Wildman–Crippen LogP) is 4.08. The Balaban J connectivity index is 1.75.